The summed E-state index contributed by atoms with van der Waals surface area (Å²) in [6.45, 7) is 2.51. The summed E-state index contributed by atoms with van der Waals surface area (Å²) >= 11 is 0. The van der Waals surface area contributed by atoms with Crippen LogP contribution in [0.4, 0.5) is 13.2 Å². The van der Waals surface area contributed by atoms with Crippen LogP contribution in [0.25, 0.3) is 0 Å². The lowest BCUT2D eigenvalue weighted by atomic mass is 10.0. The zero-order valence-corrected chi connectivity index (χ0v) is 8.51. The summed E-state index contributed by atoms with van der Waals surface area (Å²) in [6, 6.07) is 5.24. The Hall–Kier alpha value is -1.03. The number of rotatable bonds is 3. The second kappa shape index (κ2) is 4.66. The molecule has 1 aromatic rings. The van der Waals surface area contributed by atoms with E-state index in [1.54, 1.807) is 0 Å². The van der Waals surface area contributed by atoms with Crippen LogP contribution in [0, 0.1) is 5.92 Å². The normalized spacial score (nSPS) is 13.9. The van der Waals surface area contributed by atoms with Crippen LogP contribution in [0.1, 0.15) is 18.1 Å². The van der Waals surface area contributed by atoms with Gasteiger partial charge in [0, 0.05) is 0 Å². The number of nitrogens with two attached hydrogens (primary N) is 1. The van der Waals surface area contributed by atoms with E-state index in [0.29, 0.717) is 18.9 Å². The van der Waals surface area contributed by atoms with Crippen molar-refractivity contribution in [2.45, 2.75) is 19.5 Å². The molecular weight excluding hydrogens is 203 g/mol. The molecule has 0 aliphatic rings. The molecule has 0 fully saturated rings. The fourth-order valence-electron chi connectivity index (χ4n) is 1.32. The molecule has 0 heterocycles. The lowest BCUT2D eigenvalue weighted by molar-refractivity contribution is -0.137. The van der Waals surface area contributed by atoms with E-state index in [4.69, 9.17) is 5.73 Å². The van der Waals surface area contributed by atoms with E-state index >= 15 is 0 Å². The quantitative estimate of drug-likeness (QED) is 0.827. The minimum absolute atomic E-state index is 0.293. The molecular formula is C11H14F3N. The number of alkyl halides is 3. The van der Waals surface area contributed by atoms with Gasteiger partial charge in [-0.15, -0.1) is 0 Å². The van der Waals surface area contributed by atoms with Crippen LogP contribution in [0.3, 0.4) is 0 Å². The predicted molar refractivity (Wildman–Crippen MR) is 53.4 cm³/mol. The van der Waals surface area contributed by atoms with Crippen LogP contribution in [-0.4, -0.2) is 6.54 Å². The van der Waals surface area contributed by atoms with Gasteiger partial charge in [-0.2, -0.15) is 13.2 Å². The Morgan fingerprint density at radius 2 is 1.73 bits per heavy atom. The van der Waals surface area contributed by atoms with E-state index in [1.165, 1.54) is 12.1 Å². The predicted octanol–water partition coefficient (Wildman–Crippen LogP) is 2.84. The maximum absolute atomic E-state index is 12.2. The van der Waals surface area contributed by atoms with E-state index in [-0.39, 0.29) is 0 Å². The van der Waals surface area contributed by atoms with Gasteiger partial charge in [0.25, 0.3) is 0 Å². The second-order valence-electron chi connectivity index (χ2n) is 3.74. The summed E-state index contributed by atoms with van der Waals surface area (Å²) in [7, 11) is 0. The molecule has 15 heavy (non-hydrogen) atoms. The third-order valence-corrected chi connectivity index (χ3v) is 2.27. The van der Waals surface area contributed by atoms with Gasteiger partial charge >= 0.3 is 6.18 Å². The molecule has 0 bridgehead atoms. The molecule has 1 aromatic carbocycles. The molecule has 1 nitrogen and oxygen atoms in total. The molecule has 2 N–H and O–H groups in total. The zero-order chi connectivity index (χ0) is 11.5. The van der Waals surface area contributed by atoms with Crippen molar-refractivity contribution < 1.29 is 13.2 Å². The molecule has 84 valence electrons. The monoisotopic (exact) mass is 217 g/mol. The van der Waals surface area contributed by atoms with E-state index in [9.17, 15) is 13.2 Å². The number of halogens is 3. The summed E-state index contributed by atoms with van der Waals surface area (Å²) in [5.41, 5.74) is 5.72. The van der Waals surface area contributed by atoms with Crippen LogP contribution < -0.4 is 5.73 Å². The molecule has 0 aromatic heterocycles. The minimum Gasteiger partial charge on any atom is -0.330 e. The van der Waals surface area contributed by atoms with E-state index in [1.807, 2.05) is 6.92 Å². The van der Waals surface area contributed by atoms with E-state index < -0.39 is 11.7 Å². The number of hydrogen-bond acceptors (Lipinski definition) is 1. The van der Waals surface area contributed by atoms with Gasteiger partial charge in [-0.3, -0.25) is 0 Å². The fourth-order valence-corrected chi connectivity index (χ4v) is 1.32. The van der Waals surface area contributed by atoms with Gasteiger partial charge in [0.1, 0.15) is 0 Å². The first-order valence-electron chi connectivity index (χ1n) is 4.79. The highest BCUT2D eigenvalue weighted by atomic mass is 19.4. The van der Waals surface area contributed by atoms with Crippen LogP contribution in [0.5, 0.6) is 0 Å². The van der Waals surface area contributed by atoms with Gasteiger partial charge in [0.2, 0.25) is 0 Å². The van der Waals surface area contributed by atoms with Crippen molar-refractivity contribution in [3.05, 3.63) is 35.4 Å². The maximum atomic E-state index is 12.2. The molecule has 0 aliphatic carbocycles. The van der Waals surface area contributed by atoms with Crippen LogP contribution in [0.2, 0.25) is 0 Å². The zero-order valence-electron chi connectivity index (χ0n) is 8.51. The Balaban J connectivity index is 2.73. The van der Waals surface area contributed by atoms with Crippen molar-refractivity contribution in [3.8, 4) is 0 Å². The van der Waals surface area contributed by atoms with Crippen molar-refractivity contribution >= 4 is 0 Å². The summed E-state index contributed by atoms with van der Waals surface area (Å²) in [5, 5.41) is 0. The largest absolute Gasteiger partial charge is 0.416 e. The van der Waals surface area contributed by atoms with Gasteiger partial charge in [0.15, 0.2) is 0 Å². The summed E-state index contributed by atoms with van der Waals surface area (Å²) in [5.74, 6) is 0.293. The van der Waals surface area contributed by atoms with Crippen LogP contribution in [-0.2, 0) is 12.6 Å². The number of benzene rings is 1. The summed E-state index contributed by atoms with van der Waals surface area (Å²) in [6.07, 6.45) is -3.54. The van der Waals surface area contributed by atoms with E-state index in [2.05, 4.69) is 0 Å². The third-order valence-electron chi connectivity index (χ3n) is 2.27. The van der Waals surface area contributed by atoms with Crippen molar-refractivity contribution in [1.82, 2.24) is 0 Å². The molecule has 1 atom stereocenters. The van der Waals surface area contributed by atoms with Gasteiger partial charge in [-0.25, -0.2) is 0 Å². The molecule has 0 spiro atoms. The van der Waals surface area contributed by atoms with Crippen molar-refractivity contribution in [2.24, 2.45) is 11.7 Å². The average molecular weight is 217 g/mol. The highest BCUT2D eigenvalue weighted by Gasteiger charge is 2.29. The highest BCUT2D eigenvalue weighted by Crippen LogP contribution is 2.29. The maximum Gasteiger partial charge on any atom is 0.416 e. The fraction of sp³-hybridized carbons (Fsp3) is 0.455. The minimum atomic E-state index is -4.25. The van der Waals surface area contributed by atoms with Crippen LogP contribution >= 0.6 is 0 Å². The van der Waals surface area contributed by atoms with Gasteiger partial charge in [0.05, 0.1) is 5.56 Å². The topological polar surface area (TPSA) is 26.0 Å². The van der Waals surface area contributed by atoms with Gasteiger partial charge in [-0.05, 0) is 36.6 Å². The summed E-state index contributed by atoms with van der Waals surface area (Å²) in [4.78, 5) is 0. The second-order valence-corrected chi connectivity index (χ2v) is 3.74. The highest BCUT2D eigenvalue weighted by molar-refractivity contribution is 5.24. The van der Waals surface area contributed by atoms with Gasteiger partial charge in [-0.1, -0.05) is 19.1 Å². The standard InChI is InChI=1S/C11H14F3N/c1-8(7-15)6-9-2-4-10(5-3-9)11(12,13)14/h2-5,8H,6-7,15H2,1H3. The first kappa shape index (κ1) is 12.0. The van der Waals surface area contributed by atoms with Crippen molar-refractivity contribution in [1.29, 1.82) is 0 Å². The smallest absolute Gasteiger partial charge is 0.330 e. The first-order valence-corrected chi connectivity index (χ1v) is 4.79. The Kier molecular flexibility index (Phi) is 3.74. The molecule has 0 saturated heterocycles. The Morgan fingerprint density at radius 3 is 2.13 bits per heavy atom. The lowest BCUT2D eigenvalue weighted by Gasteiger charge is -2.10. The molecule has 0 saturated carbocycles. The molecule has 0 aliphatic heterocycles. The first-order chi connectivity index (χ1) is 6.93. The van der Waals surface area contributed by atoms with Crippen LogP contribution in [0.15, 0.2) is 24.3 Å². The van der Waals surface area contributed by atoms with E-state index in [0.717, 1.165) is 17.7 Å². The summed E-state index contributed by atoms with van der Waals surface area (Å²) < 4.78 is 36.7. The van der Waals surface area contributed by atoms with Crippen molar-refractivity contribution in [3.63, 3.8) is 0 Å². The third kappa shape index (κ3) is 3.55. The SMILES string of the molecule is CC(CN)Cc1ccc(C(F)(F)F)cc1. The number of hydrogen-bond donors (Lipinski definition) is 1. The molecule has 0 radical (unpaired) electrons. The Morgan fingerprint density at radius 1 is 1.20 bits per heavy atom. The molecule has 1 unspecified atom stereocenters. The average Bonchev–Trinajstić information content (AvgIpc) is 2.17. The molecule has 0 amide bonds. The molecule has 4 heteroatoms. The Bertz CT molecular complexity index is 303. The molecule has 1 rings (SSSR count). The van der Waals surface area contributed by atoms with Crippen molar-refractivity contribution in [2.75, 3.05) is 6.54 Å². The Labute approximate surface area is 87.1 Å². The van der Waals surface area contributed by atoms with Gasteiger partial charge < -0.3 is 5.73 Å². The lowest BCUT2D eigenvalue weighted by Crippen LogP contribution is -2.13.